The van der Waals surface area contributed by atoms with Crippen molar-refractivity contribution in [3.8, 4) is 5.75 Å². The number of nitrogens with one attached hydrogen (secondary N) is 1. The van der Waals surface area contributed by atoms with E-state index in [1.54, 1.807) is 18.2 Å². The SMILES string of the molecule is N=CC(=O)c1ccc(OS(=O)(=O)c2ccccc2)cc1. The molecule has 0 unspecified atom stereocenters. The number of Topliss-reactive ketones (excluding diaryl/α,β-unsaturated/α-hetero) is 1. The first-order chi connectivity index (χ1) is 9.53. The van der Waals surface area contributed by atoms with Crippen LogP contribution in [-0.4, -0.2) is 20.4 Å². The van der Waals surface area contributed by atoms with Crippen molar-refractivity contribution in [1.29, 1.82) is 5.41 Å². The van der Waals surface area contributed by atoms with E-state index >= 15 is 0 Å². The third-order valence-electron chi connectivity index (χ3n) is 2.51. The van der Waals surface area contributed by atoms with Crippen LogP contribution in [0.15, 0.2) is 59.5 Å². The van der Waals surface area contributed by atoms with Gasteiger partial charge in [0.05, 0.1) is 6.21 Å². The summed E-state index contributed by atoms with van der Waals surface area (Å²) in [6, 6.07) is 13.3. The maximum Gasteiger partial charge on any atom is 0.339 e. The molecule has 6 heteroatoms. The molecule has 0 aromatic heterocycles. The predicted octanol–water partition coefficient (Wildman–Crippen LogP) is 2.29. The molecule has 0 bridgehead atoms. The molecule has 0 aliphatic heterocycles. The van der Waals surface area contributed by atoms with Crippen molar-refractivity contribution in [2.24, 2.45) is 0 Å². The summed E-state index contributed by atoms with van der Waals surface area (Å²) < 4.78 is 28.9. The fraction of sp³-hybridized carbons (Fsp3) is 0. The number of hydrogen-bond acceptors (Lipinski definition) is 5. The van der Waals surface area contributed by atoms with Gasteiger partial charge in [0.15, 0.2) is 0 Å². The molecule has 1 N–H and O–H groups in total. The maximum absolute atomic E-state index is 12.0. The smallest absolute Gasteiger partial charge is 0.339 e. The molecule has 102 valence electrons. The van der Waals surface area contributed by atoms with Crippen LogP contribution in [0.25, 0.3) is 0 Å². The topological polar surface area (TPSA) is 84.3 Å². The quantitative estimate of drug-likeness (QED) is 0.520. The van der Waals surface area contributed by atoms with Crippen LogP contribution < -0.4 is 4.18 Å². The normalized spacial score (nSPS) is 10.8. The van der Waals surface area contributed by atoms with Gasteiger partial charge >= 0.3 is 10.1 Å². The average Bonchev–Trinajstić information content (AvgIpc) is 2.48. The van der Waals surface area contributed by atoms with Gasteiger partial charge in [-0.25, -0.2) is 0 Å². The van der Waals surface area contributed by atoms with Gasteiger partial charge in [0.25, 0.3) is 0 Å². The Hall–Kier alpha value is -2.47. The molecule has 0 fully saturated rings. The van der Waals surface area contributed by atoms with Gasteiger partial charge in [-0.15, -0.1) is 0 Å². The van der Waals surface area contributed by atoms with Crippen molar-refractivity contribution < 1.29 is 17.4 Å². The summed E-state index contributed by atoms with van der Waals surface area (Å²) in [6.45, 7) is 0. The summed E-state index contributed by atoms with van der Waals surface area (Å²) in [4.78, 5) is 11.3. The largest absolute Gasteiger partial charge is 0.379 e. The van der Waals surface area contributed by atoms with Crippen LogP contribution in [0.2, 0.25) is 0 Å². The van der Waals surface area contributed by atoms with E-state index in [0.29, 0.717) is 11.8 Å². The van der Waals surface area contributed by atoms with Gasteiger partial charge in [-0.1, -0.05) is 18.2 Å². The Morgan fingerprint density at radius 1 is 1.00 bits per heavy atom. The highest BCUT2D eigenvalue weighted by molar-refractivity contribution is 7.87. The van der Waals surface area contributed by atoms with Crippen LogP contribution in [-0.2, 0) is 10.1 Å². The Kier molecular flexibility index (Phi) is 3.95. The van der Waals surface area contributed by atoms with Crippen molar-refractivity contribution >= 4 is 22.1 Å². The second-order valence-electron chi connectivity index (χ2n) is 3.88. The average molecular weight is 289 g/mol. The second-order valence-corrected chi connectivity index (χ2v) is 5.43. The van der Waals surface area contributed by atoms with Crippen molar-refractivity contribution in [1.82, 2.24) is 0 Å². The first kappa shape index (κ1) is 14.0. The van der Waals surface area contributed by atoms with Crippen molar-refractivity contribution in [3.05, 3.63) is 60.2 Å². The zero-order chi connectivity index (χ0) is 14.6. The van der Waals surface area contributed by atoms with Crippen molar-refractivity contribution in [3.63, 3.8) is 0 Å². The van der Waals surface area contributed by atoms with E-state index in [-0.39, 0.29) is 10.6 Å². The molecule has 0 heterocycles. The highest BCUT2D eigenvalue weighted by Crippen LogP contribution is 2.19. The van der Waals surface area contributed by atoms with Gasteiger partial charge in [0.1, 0.15) is 10.6 Å². The zero-order valence-electron chi connectivity index (χ0n) is 10.3. The van der Waals surface area contributed by atoms with Gasteiger partial charge in [-0.2, -0.15) is 8.42 Å². The molecule has 0 aliphatic carbocycles. The van der Waals surface area contributed by atoms with E-state index in [0.717, 1.165) is 0 Å². The first-order valence-electron chi connectivity index (χ1n) is 5.67. The second kappa shape index (κ2) is 5.66. The van der Waals surface area contributed by atoms with E-state index in [1.165, 1.54) is 36.4 Å². The van der Waals surface area contributed by atoms with Gasteiger partial charge in [-0.05, 0) is 36.4 Å². The van der Waals surface area contributed by atoms with Gasteiger partial charge in [0.2, 0.25) is 5.78 Å². The number of rotatable bonds is 5. The lowest BCUT2D eigenvalue weighted by molar-refractivity contribution is 0.107. The van der Waals surface area contributed by atoms with Crippen LogP contribution in [0.3, 0.4) is 0 Å². The highest BCUT2D eigenvalue weighted by Gasteiger charge is 2.16. The fourth-order valence-corrected chi connectivity index (χ4v) is 2.47. The van der Waals surface area contributed by atoms with Gasteiger partial charge in [0, 0.05) is 5.56 Å². The molecule has 2 aromatic rings. The summed E-state index contributed by atoms with van der Waals surface area (Å²) in [5.74, 6) is -0.349. The monoisotopic (exact) mass is 289 g/mol. The van der Waals surface area contributed by atoms with E-state index in [1.807, 2.05) is 0 Å². The number of hydrogen-bond donors (Lipinski definition) is 1. The Balaban J connectivity index is 2.22. The van der Waals surface area contributed by atoms with Crippen LogP contribution in [0.1, 0.15) is 10.4 Å². The molecule has 5 nitrogen and oxygen atoms in total. The predicted molar refractivity (Wildman–Crippen MR) is 73.8 cm³/mol. The van der Waals surface area contributed by atoms with Crippen LogP contribution in [0, 0.1) is 5.41 Å². The minimum absolute atomic E-state index is 0.0552. The Morgan fingerprint density at radius 3 is 2.15 bits per heavy atom. The molecule has 0 amide bonds. The molecule has 20 heavy (non-hydrogen) atoms. The summed E-state index contributed by atoms with van der Waals surface area (Å²) in [7, 11) is -3.88. The highest BCUT2D eigenvalue weighted by atomic mass is 32.2. The van der Waals surface area contributed by atoms with Crippen LogP contribution in [0.4, 0.5) is 0 Å². The molecule has 2 aromatic carbocycles. The molecular formula is C14H11NO4S. The molecule has 0 saturated heterocycles. The lowest BCUT2D eigenvalue weighted by Gasteiger charge is -2.07. The number of ketones is 1. The molecule has 2 rings (SSSR count). The third kappa shape index (κ3) is 3.10. The fourth-order valence-electron chi connectivity index (χ4n) is 1.52. The molecule has 0 radical (unpaired) electrons. The zero-order valence-corrected chi connectivity index (χ0v) is 11.1. The van der Waals surface area contributed by atoms with Crippen molar-refractivity contribution in [2.75, 3.05) is 0 Å². The Labute approximate surface area is 116 Å². The standard InChI is InChI=1S/C14H11NO4S/c15-10-14(16)11-6-8-12(9-7-11)19-20(17,18)13-4-2-1-3-5-13/h1-10,15H. The van der Waals surface area contributed by atoms with Gasteiger partial charge < -0.3 is 9.59 Å². The number of benzene rings is 2. The summed E-state index contributed by atoms with van der Waals surface area (Å²) >= 11 is 0. The van der Waals surface area contributed by atoms with Crippen LogP contribution in [0.5, 0.6) is 5.75 Å². The molecular weight excluding hydrogens is 278 g/mol. The summed E-state index contributed by atoms with van der Waals surface area (Å²) in [5, 5.41) is 6.85. The van der Waals surface area contributed by atoms with E-state index < -0.39 is 15.9 Å². The minimum atomic E-state index is -3.88. The molecule has 0 atom stereocenters. The molecule has 0 aliphatic rings. The number of carbonyl (C=O) groups is 1. The van der Waals surface area contributed by atoms with Gasteiger partial charge in [-0.3, -0.25) is 4.79 Å². The number of carbonyl (C=O) groups excluding carboxylic acids is 1. The Morgan fingerprint density at radius 2 is 1.60 bits per heavy atom. The Bertz CT molecular complexity index is 722. The maximum atomic E-state index is 12.0. The summed E-state index contributed by atoms with van der Waals surface area (Å²) in [5.41, 5.74) is 0.296. The van der Waals surface area contributed by atoms with Crippen LogP contribution >= 0.6 is 0 Å². The summed E-state index contributed by atoms with van der Waals surface area (Å²) in [6.07, 6.45) is 0.691. The van der Waals surface area contributed by atoms with E-state index in [2.05, 4.69) is 0 Å². The van der Waals surface area contributed by atoms with E-state index in [4.69, 9.17) is 9.59 Å². The molecule has 0 saturated carbocycles. The molecule has 0 spiro atoms. The third-order valence-corrected chi connectivity index (χ3v) is 3.77. The minimum Gasteiger partial charge on any atom is -0.379 e. The van der Waals surface area contributed by atoms with Crippen molar-refractivity contribution in [2.45, 2.75) is 4.90 Å². The van der Waals surface area contributed by atoms with E-state index in [9.17, 15) is 13.2 Å². The lowest BCUT2D eigenvalue weighted by Crippen LogP contribution is -2.09. The lowest BCUT2D eigenvalue weighted by atomic mass is 10.1. The first-order valence-corrected chi connectivity index (χ1v) is 7.08.